The number of piperidine rings is 1. The van der Waals surface area contributed by atoms with Gasteiger partial charge in [0.15, 0.2) is 0 Å². The molecule has 1 N–H and O–H groups in total. The zero-order chi connectivity index (χ0) is 10.6. The van der Waals surface area contributed by atoms with Crippen LogP contribution in [0.4, 0.5) is 0 Å². The highest BCUT2D eigenvalue weighted by molar-refractivity contribution is 4.83. The van der Waals surface area contributed by atoms with Crippen LogP contribution in [0, 0.1) is 23.7 Å². The van der Waals surface area contributed by atoms with Gasteiger partial charge < -0.3 is 5.32 Å². The molecular weight excluding hydrogens is 170 g/mol. The van der Waals surface area contributed by atoms with E-state index in [4.69, 9.17) is 0 Å². The van der Waals surface area contributed by atoms with Crippen molar-refractivity contribution in [1.29, 1.82) is 0 Å². The topological polar surface area (TPSA) is 12.0 Å². The zero-order valence-corrected chi connectivity index (χ0v) is 10.3. The molecule has 0 bridgehead atoms. The van der Waals surface area contributed by atoms with Gasteiger partial charge in [-0.3, -0.25) is 0 Å². The summed E-state index contributed by atoms with van der Waals surface area (Å²) in [6, 6.07) is 0. The van der Waals surface area contributed by atoms with Gasteiger partial charge in [0.1, 0.15) is 0 Å². The summed E-state index contributed by atoms with van der Waals surface area (Å²) in [6.45, 7) is 12.0. The van der Waals surface area contributed by atoms with Gasteiger partial charge in [-0.1, -0.05) is 40.5 Å². The Morgan fingerprint density at radius 1 is 1.21 bits per heavy atom. The van der Waals surface area contributed by atoms with Gasteiger partial charge in [-0.15, -0.1) is 0 Å². The fraction of sp³-hybridized carbons (Fsp3) is 1.00. The Kier molecular flexibility index (Phi) is 4.94. The van der Waals surface area contributed by atoms with Crippen molar-refractivity contribution in [1.82, 2.24) is 5.32 Å². The average Bonchev–Trinajstić information content (AvgIpc) is 2.18. The molecule has 1 rings (SSSR count). The third-order valence-electron chi connectivity index (χ3n) is 3.92. The summed E-state index contributed by atoms with van der Waals surface area (Å²) in [6.07, 6.45) is 4.15. The fourth-order valence-electron chi connectivity index (χ4n) is 3.01. The van der Waals surface area contributed by atoms with Gasteiger partial charge in [0, 0.05) is 0 Å². The van der Waals surface area contributed by atoms with Crippen LogP contribution in [-0.4, -0.2) is 13.1 Å². The summed E-state index contributed by atoms with van der Waals surface area (Å²) < 4.78 is 0. The lowest BCUT2D eigenvalue weighted by atomic mass is 9.72. The minimum absolute atomic E-state index is 0.840. The van der Waals surface area contributed by atoms with Crippen LogP contribution in [-0.2, 0) is 0 Å². The molecule has 1 fully saturated rings. The third kappa shape index (κ3) is 2.98. The molecule has 3 unspecified atom stereocenters. The summed E-state index contributed by atoms with van der Waals surface area (Å²) in [5, 5.41) is 3.54. The molecule has 1 heterocycles. The molecule has 0 aliphatic carbocycles. The number of nitrogens with one attached hydrogen (secondary N) is 1. The summed E-state index contributed by atoms with van der Waals surface area (Å²) in [4.78, 5) is 0. The number of rotatable bonds is 4. The van der Waals surface area contributed by atoms with Gasteiger partial charge in [0.05, 0.1) is 0 Å². The molecule has 0 spiro atoms. The highest BCUT2D eigenvalue weighted by atomic mass is 14.9. The van der Waals surface area contributed by atoms with Gasteiger partial charge in [0.25, 0.3) is 0 Å². The first-order valence-corrected chi connectivity index (χ1v) is 6.37. The molecule has 0 amide bonds. The molecule has 1 saturated heterocycles. The molecular formula is C13H27N. The predicted octanol–water partition coefficient (Wildman–Crippen LogP) is 3.30. The molecule has 1 nitrogen and oxygen atoms in total. The smallest absolute Gasteiger partial charge is 0.00153 e. The first-order chi connectivity index (χ1) is 6.66. The second kappa shape index (κ2) is 5.75. The van der Waals surface area contributed by atoms with Gasteiger partial charge in [0.2, 0.25) is 0 Å². The SMILES string of the molecule is CCCC(C)C1CCNCC1C(C)C. The standard InChI is InChI=1S/C13H27N/c1-5-6-11(4)12-7-8-14-9-13(12)10(2)3/h10-14H,5-9H2,1-4H3. The van der Waals surface area contributed by atoms with Crippen molar-refractivity contribution in [2.45, 2.75) is 47.0 Å². The summed E-state index contributed by atoms with van der Waals surface area (Å²) in [7, 11) is 0. The molecule has 84 valence electrons. The van der Waals surface area contributed by atoms with Gasteiger partial charge in [-0.25, -0.2) is 0 Å². The average molecular weight is 197 g/mol. The largest absolute Gasteiger partial charge is 0.316 e. The maximum Gasteiger partial charge on any atom is -0.00153 e. The van der Waals surface area contributed by atoms with Gasteiger partial charge >= 0.3 is 0 Å². The summed E-state index contributed by atoms with van der Waals surface area (Å²) in [5.74, 6) is 3.64. The minimum Gasteiger partial charge on any atom is -0.316 e. The van der Waals surface area contributed by atoms with Crippen molar-refractivity contribution in [2.75, 3.05) is 13.1 Å². The van der Waals surface area contributed by atoms with Crippen molar-refractivity contribution < 1.29 is 0 Å². The van der Waals surface area contributed by atoms with Crippen molar-refractivity contribution >= 4 is 0 Å². The maximum atomic E-state index is 3.54. The van der Waals surface area contributed by atoms with E-state index in [-0.39, 0.29) is 0 Å². The fourth-order valence-corrected chi connectivity index (χ4v) is 3.01. The first kappa shape index (κ1) is 12.0. The highest BCUT2D eigenvalue weighted by Crippen LogP contribution is 2.33. The molecule has 1 aliphatic rings. The van der Waals surface area contributed by atoms with Crippen LogP contribution in [0.2, 0.25) is 0 Å². The Labute approximate surface area is 89.7 Å². The van der Waals surface area contributed by atoms with Crippen LogP contribution in [0.25, 0.3) is 0 Å². The van der Waals surface area contributed by atoms with Crippen LogP contribution in [0.15, 0.2) is 0 Å². The van der Waals surface area contributed by atoms with Gasteiger partial charge in [-0.05, 0) is 43.2 Å². The van der Waals surface area contributed by atoms with Crippen LogP contribution >= 0.6 is 0 Å². The Morgan fingerprint density at radius 3 is 2.50 bits per heavy atom. The van der Waals surface area contributed by atoms with E-state index in [0.717, 1.165) is 23.7 Å². The molecule has 1 aliphatic heterocycles. The minimum atomic E-state index is 0.840. The Balaban J connectivity index is 2.53. The van der Waals surface area contributed by atoms with Crippen LogP contribution in [0.3, 0.4) is 0 Å². The Hall–Kier alpha value is -0.0400. The third-order valence-corrected chi connectivity index (χ3v) is 3.92. The molecule has 0 aromatic rings. The van der Waals surface area contributed by atoms with E-state index in [2.05, 4.69) is 33.0 Å². The number of hydrogen-bond acceptors (Lipinski definition) is 1. The van der Waals surface area contributed by atoms with Gasteiger partial charge in [-0.2, -0.15) is 0 Å². The highest BCUT2D eigenvalue weighted by Gasteiger charge is 2.30. The first-order valence-electron chi connectivity index (χ1n) is 6.37. The molecule has 0 radical (unpaired) electrons. The van der Waals surface area contributed by atoms with Crippen LogP contribution in [0.1, 0.15) is 47.0 Å². The molecule has 3 atom stereocenters. The molecule has 0 aromatic carbocycles. The normalized spacial score (nSPS) is 30.6. The maximum absolute atomic E-state index is 3.54. The molecule has 0 aromatic heterocycles. The lowest BCUT2D eigenvalue weighted by molar-refractivity contribution is 0.136. The lowest BCUT2D eigenvalue weighted by Gasteiger charge is -2.38. The van der Waals surface area contributed by atoms with E-state index in [1.54, 1.807) is 0 Å². The van der Waals surface area contributed by atoms with Crippen molar-refractivity contribution in [3.8, 4) is 0 Å². The summed E-state index contributed by atoms with van der Waals surface area (Å²) >= 11 is 0. The van der Waals surface area contributed by atoms with E-state index < -0.39 is 0 Å². The second-order valence-electron chi connectivity index (χ2n) is 5.33. The van der Waals surface area contributed by atoms with Crippen molar-refractivity contribution in [3.05, 3.63) is 0 Å². The Morgan fingerprint density at radius 2 is 1.93 bits per heavy atom. The van der Waals surface area contributed by atoms with E-state index >= 15 is 0 Å². The molecule has 0 saturated carbocycles. The number of hydrogen-bond donors (Lipinski definition) is 1. The van der Waals surface area contributed by atoms with E-state index in [1.807, 2.05) is 0 Å². The van der Waals surface area contributed by atoms with E-state index in [0.29, 0.717) is 0 Å². The van der Waals surface area contributed by atoms with Crippen LogP contribution < -0.4 is 5.32 Å². The van der Waals surface area contributed by atoms with E-state index in [1.165, 1.54) is 32.4 Å². The monoisotopic (exact) mass is 197 g/mol. The van der Waals surface area contributed by atoms with Crippen molar-refractivity contribution in [2.24, 2.45) is 23.7 Å². The quantitative estimate of drug-likeness (QED) is 0.729. The Bertz CT molecular complexity index is 153. The zero-order valence-electron chi connectivity index (χ0n) is 10.3. The summed E-state index contributed by atoms with van der Waals surface area (Å²) in [5.41, 5.74) is 0. The lowest BCUT2D eigenvalue weighted by Crippen LogP contribution is -2.41. The molecule has 14 heavy (non-hydrogen) atoms. The van der Waals surface area contributed by atoms with E-state index in [9.17, 15) is 0 Å². The second-order valence-corrected chi connectivity index (χ2v) is 5.33. The predicted molar refractivity (Wildman–Crippen MR) is 63.4 cm³/mol. The molecule has 1 heteroatoms. The van der Waals surface area contributed by atoms with Crippen LogP contribution in [0.5, 0.6) is 0 Å². The van der Waals surface area contributed by atoms with Crippen molar-refractivity contribution in [3.63, 3.8) is 0 Å².